The summed E-state index contributed by atoms with van der Waals surface area (Å²) in [6, 6.07) is 7.90. The molecule has 0 radical (unpaired) electrons. The molecule has 2 aromatic carbocycles. The molecule has 0 amide bonds. The summed E-state index contributed by atoms with van der Waals surface area (Å²) < 4.78 is 62.0. The highest BCUT2D eigenvalue weighted by molar-refractivity contribution is 7.87. The zero-order valence-electron chi connectivity index (χ0n) is 15.1. The molecule has 2 rings (SSSR count). The number of phenols is 1. The maximum atomic E-state index is 12.5. The van der Waals surface area contributed by atoms with Crippen LogP contribution in [0.15, 0.2) is 46.2 Å². The summed E-state index contributed by atoms with van der Waals surface area (Å²) in [7, 11) is -9.19. The molecule has 10 heteroatoms. The van der Waals surface area contributed by atoms with Crippen molar-refractivity contribution in [2.24, 2.45) is 0 Å². The molecule has 0 fully saturated rings. The van der Waals surface area contributed by atoms with Gasteiger partial charge in [0.2, 0.25) is 0 Å². The summed E-state index contributed by atoms with van der Waals surface area (Å²) in [6.45, 7) is 6.86. The summed E-state index contributed by atoms with van der Waals surface area (Å²) >= 11 is 0. The van der Waals surface area contributed by atoms with Gasteiger partial charge in [0, 0.05) is 18.8 Å². The molecule has 0 bridgehead atoms. The standard InChI is InChI=1S/C17H21NO7S2/c1-4-18(5-2)13-6-8-14(9-7-13)25-27(23,24)17-11-16(26(20,21)22)12(3)10-15(17)19/h6-11,19H,4-5H2,1-3H3,(H,20,21,22). The first-order valence-corrected chi connectivity index (χ1v) is 10.9. The Labute approximate surface area is 158 Å². The van der Waals surface area contributed by atoms with E-state index in [1.54, 1.807) is 12.1 Å². The second kappa shape index (κ2) is 7.75. The summed E-state index contributed by atoms with van der Waals surface area (Å²) in [5.41, 5.74) is 0.883. The molecule has 0 unspecified atom stereocenters. The molecule has 2 N–H and O–H groups in total. The third-order valence-electron chi connectivity index (χ3n) is 3.98. The van der Waals surface area contributed by atoms with E-state index < -0.39 is 35.8 Å². The van der Waals surface area contributed by atoms with E-state index in [-0.39, 0.29) is 11.3 Å². The van der Waals surface area contributed by atoms with E-state index in [1.165, 1.54) is 19.1 Å². The fourth-order valence-corrected chi connectivity index (χ4v) is 4.44. The molecule has 0 saturated heterocycles. The smallest absolute Gasteiger partial charge is 0.342 e. The fraction of sp³-hybridized carbons (Fsp3) is 0.294. The Bertz CT molecular complexity index is 1030. The van der Waals surface area contributed by atoms with Crippen LogP contribution in [-0.4, -0.2) is 39.6 Å². The molecule has 0 atom stereocenters. The van der Waals surface area contributed by atoms with E-state index in [0.29, 0.717) is 6.07 Å². The van der Waals surface area contributed by atoms with Crippen molar-refractivity contribution < 1.29 is 30.7 Å². The average Bonchev–Trinajstić information content (AvgIpc) is 2.55. The van der Waals surface area contributed by atoms with Gasteiger partial charge in [-0.1, -0.05) is 0 Å². The van der Waals surface area contributed by atoms with Gasteiger partial charge in [-0.25, -0.2) is 0 Å². The van der Waals surface area contributed by atoms with Gasteiger partial charge in [0.05, 0.1) is 4.90 Å². The van der Waals surface area contributed by atoms with E-state index >= 15 is 0 Å². The zero-order chi connectivity index (χ0) is 20.4. The van der Waals surface area contributed by atoms with Crippen LogP contribution in [0.25, 0.3) is 0 Å². The van der Waals surface area contributed by atoms with Crippen LogP contribution < -0.4 is 9.08 Å². The summed E-state index contributed by atoms with van der Waals surface area (Å²) in [4.78, 5) is 0.676. The van der Waals surface area contributed by atoms with Crippen LogP contribution in [0.5, 0.6) is 11.5 Å². The lowest BCUT2D eigenvalue weighted by atomic mass is 10.2. The second-order valence-electron chi connectivity index (χ2n) is 5.76. The van der Waals surface area contributed by atoms with Crippen molar-refractivity contribution in [3.63, 3.8) is 0 Å². The maximum absolute atomic E-state index is 12.5. The van der Waals surface area contributed by atoms with Gasteiger partial charge in [-0.15, -0.1) is 0 Å². The Balaban J connectivity index is 2.40. The molecular formula is C17H21NO7S2. The molecule has 0 aromatic heterocycles. The number of nitrogens with zero attached hydrogens (tertiary/aromatic N) is 1. The maximum Gasteiger partial charge on any atom is 0.342 e. The quantitative estimate of drug-likeness (QED) is 0.523. The fourth-order valence-electron chi connectivity index (χ4n) is 2.61. The monoisotopic (exact) mass is 415 g/mol. The minimum atomic E-state index is -4.66. The van der Waals surface area contributed by atoms with Crippen LogP contribution in [0.2, 0.25) is 0 Å². The molecule has 0 aliphatic heterocycles. The molecule has 0 spiro atoms. The molecular weight excluding hydrogens is 394 g/mol. The molecule has 0 heterocycles. The van der Waals surface area contributed by atoms with Gasteiger partial charge in [-0.2, -0.15) is 16.8 Å². The van der Waals surface area contributed by atoms with Crippen molar-refractivity contribution in [3.05, 3.63) is 42.0 Å². The van der Waals surface area contributed by atoms with Gasteiger partial charge < -0.3 is 14.2 Å². The normalized spacial score (nSPS) is 12.0. The van der Waals surface area contributed by atoms with Gasteiger partial charge in [0.15, 0.2) is 0 Å². The summed E-state index contributed by atoms with van der Waals surface area (Å²) in [5, 5.41) is 9.93. The van der Waals surface area contributed by atoms with E-state index in [2.05, 4.69) is 4.90 Å². The van der Waals surface area contributed by atoms with Crippen molar-refractivity contribution >= 4 is 25.9 Å². The molecule has 0 aliphatic rings. The largest absolute Gasteiger partial charge is 0.506 e. The number of rotatable bonds is 7. The minimum Gasteiger partial charge on any atom is -0.506 e. The Morgan fingerprint density at radius 3 is 2.00 bits per heavy atom. The SMILES string of the molecule is CCN(CC)c1ccc(OS(=O)(=O)c2cc(S(=O)(=O)O)c(C)cc2O)cc1. The second-order valence-corrected chi connectivity index (χ2v) is 8.67. The lowest BCUT2D eigenvalue weighted by Gasteiger charge is -2.21. The third kappa shape index (κ3) is 4.71. The molecule has 8 nitrogen and oxygen atoms in total. The van der Waals surface area contributed by atoms with Crippen molar-refractivity contribution in [3.8, 4) is 11.5 Å². The lowest BCUT2D eigenvalue weighted by Crippen LogP contribution is -2.21. The molecule has 0 saturated carbocycles. The minimum absolute atomic E-state index is 0.000660. The molecule has 148 valence electrons. The molecule has 2 aromatic rings. The number of benzene rings is 2. The first-order chi connectivity index (χ1) is 12.5. The number of anilines is 1. The van der Waals surface area contributed by atoms with Gasteiger partial charge in [-0.3, -0.25) is 4.55 Å². The third-order valence-corrected chi connectivity index (χ3v) is 6.25. The van der Waals surface area contributed by atoms with E-state index in [9.17, 15) is 26.5 Å². The highest BCUT2D eigenvalue weighted by atomic mass is 32.2. The Morgan fingerprint density at radius 2 is 1.52 bits per heavy atom. The van der Waals surface area contributed by atoms with Crippen molar-refractivity contribution in [2.75, 3.05) is 18.0 Å². The first-order valence-electron chi connectivity index (χ1n) is 8.10. The topological polar surface area (TPSA) is 121 Å². The van der Waals surface area contributed by atoms with Gasteiger partial charge >= 0.3 is 10.1 Å². The van der Waals surface area contributed by atoms with Crippen molar-refractivity contribution in [2.45, 2.75) is 30.6 Å². The molecule has 0 aliphatic carbocycles. The summed E-state index contributed by atoms with van der Waals surface area (Å²) in [6.07, 6.45) is 0. The number of hydrogen-bond donors (Lipinski definition) is 2. The summed E-state index contributed by atoms with van der Waals surface area (Å²) in [5.74, 6) is -0.682. The Hall–Kier alpha value is -2.30. The number of hydrogen-bond acceptors (Lipinski definition) is 7. The highest BCUT2D eigenvalue weighted by Crippen LogP contribution is 2.31. The first kappa shape index (κ1) is 21.0. The van der Waals surface area contributed by atoms with E-state index in [0.717, 1.165) is 24.8 Å². The molecule has 27 heavy (non-hydrogen) atoms. The van der Waals surface area contributed by atoms with Crippen molar-refractivity contribution in [1.29, 1.82) is 0 Å². The Kier molecular flexibility index (Phi) is 6.03. The number of aryl methyl sites for hydroxylation is 1. The van der Waals surface area contributed by atoms with Crippen LogP contribution in [0.1, 0.15) is 19.4 Å². The van der Waals surface area contributed by atoms with Crippen molar-refractivity contribution in [1.82, 2.24) is 0 Å². The van der Waals surface area contributed by atoms with Crippen LogP contribution in [0, 0.1) is 6.92 Å². The highest BCUT2D eigenvalue weighted by Gasteiger charge is 2.26. The number of aromatic hydroxyl groups is 1. The van der Waals surface area contributed by atoms with E-state index in [4.69, 9.17) is 4.18 Å². The Morgan fingerprint density at radius 1 is 0.963 bits per heavy atom. The lowest BCUT2D eigenvalue weighted by molar-refractivity contribution is 0.442. The van der Waals surface area contributed by atoms with Crippen LogP contribution in [-0.2, 0) is 20.2 Å². The van der Waals surface area contributed by atoms with Crippen LogP contribution in [0.3, 0.4) is 0 Å². The van der Waals surface area contributed by atoms with Gasteiger partial charge in [0.1, 0.15) is 16.4 Å². The van der Waals surface area contributed by atoms with Gasteiger partial charge in [0.25, 0.3) is 10.1 Å². The zero-order valence-corrected chi connectivity index (χ0v) is 16.7. The average molecular weight is 415 g/mol. The predicted octanol–water partition coefficient (Wildman–Crippen LogP) is 2.56. The number of phenolic OH excluding ortho intramolecular Hbond substituents is 1. The predicted molar refractivity (Wildman–Crippen MR) is 100 cm³/mol. The van der Waals surface area contributed by atoms with E-state index in [1.807, 2.05) is 13.8 Å². The van der Waals surface area contributed by atoms with Gasteiger partial charge in [-0.05, 0) is 62.7 Å². The van der Waals surface area contributed by atoms with Crippen LogP contribution >= 0.6 is 0 Å². The van der Waals surface area contributed by atoms with Crippen LogP contribution in [0.4, 0.5) is 5.69 Å².